The topological polar surface area (TPSA) is 93.3 Å². The van der Waals surface area contributed by atoms with Gasteiger partial charge in [-0.25, -0.2) is 0 Å². The summed E-state index contributed by atoms with van der Waals surface area (Å²) in [6.07, 6.45) is 5.01. The summed E-state index contributed by atoms with van der Waals surface area (Å²) in [5, 5.41) is 17.8. The van der Waals surface area contributed by atoms with Crippen molar-refractivity contribution in [3.8, 4) is 0 Å². The molecule has 1 aromatic carbocycles. The number of nitrogens with one attached hydrogen (secondary N) is 1. The maximum atomic E-state index is 12.5. The maximum Gasteiger partial charge on any atom is 0.309 e. The predicted molar refractivity (Wildman–Crippen MR) is 103 cm³/mol. The number of anilines is 1. The number of piperidine rings is 1. The molecule has 2 aromatic rings. The third-order valence-corrected chi connectivity index (χ3v) is 5.04. The van der Waals surface area contributed by atoms with Gasteiger partial charge in [0.05, 0.1) is 4.92 Å². The van der Waals surface area contributed by atoms with Crippen LogP contribution in [-0.4, -0.2) is 38.6 Å². The standard InChI is InChI=1S/C19H25N5O3/c1-14-18(24(26)27)12-20-23(14)15(2)19(25)21-17-8-6-16(7-9-17)13-22-10-4-3-5-11-22/h6-9,12,15H,3-5,10-11,13H2,1-2H3,(H,21,25). The molecule has 3 rings (SSSR count). The number of carbonyl (C=O) groups is 1. The van der Waals surface area contributed by atoms with E-state index in [1.165, 1.54) is 35.7 Å². The molecule has 1 fully saturated rings. The van der Waals surface area contributed by atoms with Gasteiger partial charge in [-0.1, -0.05) is 18.6 Å². The first-order chi connectivity index (χ1) is 13.0. The van der Waals surface area contributed by atoms with E-state index < -0.39 is 11.0 Å². The van der Waals surface area contributed by atoms with Crippen LogP contribution in [0.3, 0.4) is 0 Å². The van der Waals surface area contributed by atoms with Gasteiger partial charge >= 0.3 is 5.69 Å². The molecule has 1 atom stereocenters. The van der Waals surface area contributed by atoms with Crippen molar-refractivity contribution in [2.75, 3.05) is 18.4 Å². The predicted octanol–water partition coefficient (Wildman–Crippen LogP) is 3.29. The monoisotopic (exact) mass is 371 g/mol. The van der Waals surface area contributed by atoms with E-state index in [1.807, 2.05) is 24.3 Å². The Morgan fingerprint density at radius 2 is 1.93 bits per heavy atom. The van der Waals surface area contributed by atoms with Crippen LogP contribution in [0.25, 0.3) is 0 Å². The molecule has 1 amide bonds. The molecule has 1 unspecified atom stereocenters. The number of amides is 1. The highest BCUT2D eigenvalue weighted by atomic mass is 16.6. The molecule has 0 aliphatic carbocycles. The van der Waals surface area contributed by atoms with Gasteiger partial charge < -0.3 is 5.32 Å². The van der Waals surface area contributed by atoms with E-state index in [-0.39, 0.29) is 11.6 Å². The van der Waals surface area contributed by atoms with Crippen LogP contribution in [0.15, 0.2) is 30.5 Å². The number of likely N-dealkylation sites (tertiary alicyclic amines) is 1. The third-order valence-electron chi connectivity index (χ3n) is 5.04. The highest BCUT2D eigenvalue weighted by molar-refractivity contribution is 5.93. The smallest absolute Gasteiger partial charge is 0.309 e. The van der Waals surface area contributed by atoms with Gasteiger partial charge in [-0.2, -0.15) is 5.10 Å². The number of nitrogens with zero attached hydrogens (tertiary/aromatic N) is 4. The average Bonchev–Trinajstić information content (AvgIpc) is 3.05. The second kappa shape index (κ2) is 8.30. The van der Waals surface area contributed by atoms with Crippen molar-refractivity contribution in [3.63, 3.8) is 0 Å². The Balaban J connectivity index is 1.61. The highest BCUT2D eigenvalue weighted by Crippen LogP contribution is 2.21. The number of nitro groups is 1. The molecule has 2 heterocycles. The minimum atomic E-state index is -0.647. The fourth-order valence-corrected chi connectivity index (χ4v) is 3.41. The summed E-state index contributed by atoms with van der Waals surface area (Å²) in [4.78, 5) is 25.4. The van der Waals surface area contributed by atoms with Crippen LogP contribution in [0, 0.1) is 17.0 Å². The largest absolute Gasteiger partial charge is 0.324 e. The highest BCUT2D eigenvalue weighted by Gasteiger charge is 2.23. The van der Waals surface area contributed by atoms with Crippen LogP contribution in [0.4, 0.5) is 11.4 Å². The summed E-state index contributed by atoms with van der Waals surface area (Å²) in [6, 6.07) is 7.19. The van der Waals surface area contributed by atoms with E-state index in [0.29, 0.717) is 11.4 Å². The van der Waals surface area contributed by atoms with Gasteiger partial charge in [-0.05, 0) is 57.5 Å². The molecule has 0 spiro atoms. The fourth-order valence-electron chi connectivity index (χ4n) is 3.41. The summed E-state index contributed by atoms with van der Waals surface area (Å²) in [6.45, 7) is 6.48. The summed E-state index contributed by atoms with van der Waals surface area (Å²) in [5.74, 6) is -0.264. The Labute approximate surface area is 158 Å². The molecule has 1 N–H and O–H groups in total. The van der Waals surface area contributed by atoms with Crippen molar-refractivity contribution >= 4 is 17.3 Å². The molecular formula is C19H25N5O3. The first kappa shape index (κ1) is 19.0. The van der Waals surface area contributed by atoms with Gasteiger partial charge in [-0.15, -0.1) is 0 Å². The lowest BCUT2D eigenvalue weighted by Crippen LogP contribution is -2.29. The number of carbonyl (C=O) groups excluding carboxylic acids is 1. The number of hydrogen-bond acceptors (Lipinski definition) is 5. The molecule has 1 aliphatic heterocycles. The van der Waals surface area contributed by atoms with Crippen LogP contribution in [0.1, 0.15) is 43.5 Å². The molecule has 0 radical (unpaired) electrons. The van der Waals surface area contributed by atoms with E-state index in [9.17, 15) is 14.9 Å². The zero-order chi connectivity index (χ0) is 19.4. The lowest BCUT2D eigenvalue weighted by atomic mass is 10.1. The normalized spacial score (nSPS) is 16.1. The quantitative estimate of drug-likeness (QED) is 0.621. The van der Waals surface area contributed by atoms with Gasteiger partial charge in [0.2, 0.25) is 5.91 Å². The van der Waals surface area contributed by atoms with Crippen LogP contribution < -0.4 is 5.32 Å². The van der Waals surface area contributed by atoms with Crippen molar-refractivity contribution in [1.82, 2.24) is 14.7 Å². The minimum Gasteiger partial charge on any atom is -0.324 e. The third kappa shape index (κ3) is 4.51. The number of benzene rings is 1. The van der Waals surface area contributed by atoms with Gasteiger partial charge in [0.15, 0.2) is 0 Å². The second-order valence-electron chi connectivity index (χ2n) is 7.02. The molecule has 0 saturated carbocycles. The zero-order valence-corrected chi connectivity index (χ0v) is 15.7. The van der Waals surface area contributed by atoms with Gasteiger partial charge in [0, 0.05) is 12.2 Å². The van der Waals surface area contributed by atoms with E-state index in [1.54, 1.807) is 13.8 Å². The first-order valence-corrected chi connectivity index (χ1v) is 9.26. The lowest BCUT2D eigenvalue weighted by Gasteiger charge is -2.26. The van der Waals surface area contributed by atoms with Crippen LogP contribution in [-0.2, 0) is 11.3 Å². The Morgan fingerprint density at radius 1 is 1.26 bits per heavy atom. The number of hydrogen-bond donors (Lipinski definition) is 1. The molecule has 1 aromatic heterocycles. The van der Waals surface area contributed by atoms with Crippen molar-refractivity contribution in [2.24, 2.45) is 0 Å². The summed E-state index contributed by atoms with van der Waals surface area (Å²) < 4.78 is 1.37. The van der Waals surface area contributed by atoms with E-state index in [2.05, 4.69) is 15.3 Å². The van der Waals surface area contributed by atoms with E-state index in [4.69, 9.17) is 0 Å². The van der Waals surface area contributed by atoms with Crippen molar-refractivity contribution in [3.05, 3.63) is 51.8 Å². The zero-order valence-electron chi connectivity index (χ0n) is 15.7. The SMILES string of the molecule is Cc1c([N+](=O)[O-])cnn1C(C)C(=O)Nc1ccc(CN2CCCCC2)cc1. The van der Waals surface area contributed by atoms with Gasteiger partial charge in [0.25, 0.3) is 0 Å². The minimum absolute atomic E-state index is 0.0864. The van der Waals surface area contributed by atoms with E-state index in [0.717, 1.165) is 19.6 Å². The molecule has 1 aliphatic rings. The lowest BCUT2D eigenvalue weighted by molar-refractivity contribution is -0.385. The van der Waals surface area contributed by atoms with Crippen LogP contribution >= 0.6 is 0 Å². The Bertz CT molecular complexity index is 809. The first-order valence-electron chi connectivity index (χ1n) is 9.26. The summed E-state index contributed by atoms with van der Waals surface area (Å²) >= 11 is 0. The molecule has 27 heavy (non-hydrogen) atoms. The van der Waals surface area contributed by atoms with Crippen LogP contribution in [0.2, 0.25) is 0 Å². The number of aromatic nitrogens is 2. The Kier molecular flexibility index (Phi) is 5.85. The molecular weight excluding hydrogens is 346 g/mol. The molecule has 8 heteroatoms. The second-order valence-corrected chi connectivity index (χ2v) is 7.02. The van der Waals surface area contributed by atoms with Gasteiger partial charge in [0.1, 0.15) is 17.9 Å². The summed E-state index contributed by atoms with van der Waals surface area (Å²) in [7, 11) is 0. The molecule has 8 nitrogen and oxygen atoms in total. The molecule has 144 valence electrons. The maximum absolute atomic E-state index is 12.5. The van der Waals surface area contributed by atoms with Crippen LogP contribution in [0.5, 0.6) is 0 Å². The summed E-state index contributed by atoms with van der Waals surface area (Å²) in [5.41, 5.74) is 2.20. The average molecular weight is 371 g/mol. The fraction of sp³-hybridized carbons (Fsp3) is 0.474. The van der Waals surface area contributed by atoms with Crippen molar-refractivity contribution < 1.29 is 9.72 Å². The van der Waals surface area contributed by atoms with Crippen molar-refractivity contribution in [2.45, 2.75) is 45.7 Å². The van der Waals surface area contributed by atoms with Crippen molar-refractivity contribution in [1.29, 1.82) is 0 Å². The number of rotatable bonds is 6. The van der Waals surface area contributed by atoms with E-state index >= 15 is 0 Å². The van der Waals surface area contributed by atoms with Gasteiger partial charge in [-0.3, -0.25) is 24.5 Å². The molecule has 0 bridgehead atoms. The Morgan fingerprint density at radius 3 is 2.52 bits per heavy atom. The Hall–Kier alpha value is -2.74. The molecule has 1 saturated heterocycles.